The number of aliphatic hydroxyl groups excluding tert-OH is 1. The van der Waals surface area contributed by atoms with Gasteiger partial charge in [-0.2, -0.15) is 0 Å². The lowest BCUT2D eigenvalue weighted by Crippen LogP contribution is -2.54. The van der Waals surface area contributed by atoms with E-state index in [1.807, 2.05) is 6.07 Å². The fourth-order valence-corrected chi connectivity index (χ4v) is 3.45. The number of nitrogens with zero attached hydrogens (tertiary/aromatic N) is 1. The fraction of sp³-hybridized carbons (Fsp3) is 0.647. The van der Waals surface area contributed by atoms with Crippen molar-refractivity contribution in [3.05, 3.63) is 35.9 Å². The van der Waals surface area contributed by atoms with E-state index in [9.17, 15) is 5.11 Å². The first-order valence-electron chi connectivity index (χ1n) is 7.91. The molecule has 1 aromatic carbocycles. The molecule has 1 aliphatic heterocycles. The van der Waals surface area contributed by atoms with Gasteiger partial charge in [0, 0.05) is 12.6 Å². The summed E-state index contributed by atoms with van der Waals surface area (Å²) in [6, 6.07) is 11.0. The van der Waals surface area contributed by atoms with Gasteiger partial charge < -0.3 is 10.4 Å². The van der Waals surface area contributed by atoms with Crippen LogP contribution in [0.15, 0.2) is 30.3 Å². The van der Waals surface area contributed by atoms with Crippen molar-refractivity contribution in [3.63, 3.8) is 0 Å². The minimum atomic E-state index is -0.340. The Kier molecular flexibility index (Phi) is 5.58. The molecular weight excluding hydrogens is 248 g/mol. The van der Waals surface area contributed by atoms with Crippen molar-refractivity contribution in [2.45, 2.75) is 44.7 Å². The van der Waals surface area contributed by atoms with Crippen molar-refractivity contribution in [2.75, 3.05) is 26.2 Å². The Morgan fingerprint density at radius 1 is 1.30 bits per heavy atom. The van der Waals surface area contributed by atoms with E-state index >= 15 is 0 Å². The Labute approximate surface area is 123 Å². The van der Waals surface area contributed by atoms with Crippen molar-refractivity contribution in [3.8, 4) is 0 Å². The van der Waals surface area contributed by atoms with Crippen LogP contribution in [-0.2, 0) is 5.54 Å². The average molecular weight is 276 g/mol. The molecule has 1 aromatic rings. The van der Waals surface area contributed by atoms with Gasteiger partial charge in [-0.3, -0.25) is 4.90 Å². The van der Waals surface area contributed by atoms with E-state index in [-0.39, 0.29) is 12.1 Å². The molecule has 0 bridgehead atoms. The quantitative estimate of drug-likeness (QED) is 0.802. The second-order valence-corrected chi connectivity index (χ2v) is 5.81. The number of nitrogens with one attached hydrogen (secondary N) is 1. The number of likely N-dealkylation sites (N-methyl/N-ethyl adjacent to an activating group) is 1. The Bertz CT molecular complexity index is 395. The van der Waals surface area contributed by atoms with E-state index in [4.69, 9.17) is 0 Å². The van der Waals surface area contributed by atoms with E-state index in [0.29, 0.717) is 6.04 Å². The zero-order valence-electron chi connectivity index (χ0n) is 12.8. The van der Waals surface area contributed by atoms with Gasteiger partial charge in [0.1, 0.15) is 0 Å². The van der Waals surface area contributed by atoms with Gasteiger partial charge in [-0.05, 0) is 37.9 Å². The lowest BCUT2D eigenvalue weighted by atomic mass is 9.89. The summed E-state index contributed by atoms with van der Waals surface area (Å²) in [5.74, 6) is 0. The molecule has 0 saturated carbocycles. The zero-order chi connectivity index (χ0) is 14.4. The predicted octanol–water partition coefficient (Wildman–Crippen LogP) is 2.36. The molecule has 1 heterocycles. The number of aliphatic hydroxyl groups is 1. The van der Waals surface area contributed by atoms with Crippen molar-refractivity contribution in [1.29, 1.82) is 0 Å². The lowest BCUT2D eigenvalue weighted by Gasteiger charge is -2.39. The summed E-state index contributed by atoms with van der Waals surface area (Å²) in [4.78, 5) is 2.55. The molecule has 0 aromatic heterocycles. The zero-order valence-corrected chi connectivity index (χ0v) is 12.8. The van der Waals surface area contributed by atoms with Gasteiger partial charge >= 0.3 is 0 Å². The molecule has 1 fully saturated rings. The van der Waals surface area contributed by atoms with E-state index in [1.54, 1.807) is 0 Å². The molecule has 0 spiro atoms. The van der Waals surface area contributed by atoms with Crippen LogP contribution < -0.4 is 5.32 Å². The second-order valence-electron chi connectivity index (χ2n) is 5.81. The van der Waals surface area contributed by atoms with Gasteiger partial charge in [0.05, 0.1) is 12.1 Å². The third-order valence-corrected chi connectivity index (χ3v) is 4.55. The molecule has 2 atom stereocenters. The first-order valence-corrected chi connectivity index (χ1v) is 7.91. The maximum Gasteiger partial charge on any atom is 0.0797 e. The highest BCUT2D eigenvalue weighted by Gasteiger charge is 2.36. The Morgan fingerprint density at radius 2 is 2.05 bits per heavy atom. The van der Waals surface area contributed by atoms with Gasteiger partial charge in [0.25, 0.3) is 0 Å². The molecule has 1 saturated heterocycles. The van der Waals surface area contributed by atoms with E-state index < -0.39 is 0 Å². The first kappa shape index (κ1) is 15.5. The smallest absolute Gasteiger partial charge is 0.0797 e. The molecule has 3 nitrogen and oxygen atoms in total. The van der Waals surface area contributed by atoms with Crippen LogP contribution in [0.2, 0.25) is 0 Å². The summed E-state index contributed by atoms with van der Waals surface area (Å²) in [5.41, 5.74) is 0.847. The standard InChI is InChI=1S/C17H28N2O/c1-3-16-11-8-12-19(16)13-17(14-20,18-4-2)15-9-6-5-7-10-15/h5-7,9-10,16,18,20H,3-4,8,11-14H2,1-2H3. The number of hydrogen-bond donors (Lipinski definition) is 2. The predicted molar refractivity (Wildman–Crippen MR) is 83.8 cm³/mol. The summed E-state index contributed by atoms with van der Waals surface area (Å²) in [5, 5.41) is 13.6. The third kappa shape index (κ3) is 3.22. The molecular formula is C17H28N2O. The number of rotatable bonds is 7. The molecule has 112 valence electrons. The van der Waals surface area contributed by atoms with Crippen molar-refractivity contribution >= 4 is 0 Å². The van der Waals surface area contributed by atoms with E-state index in [0.717, 1.165) is 19.6 Å². The van der Waals surface area contributed by atoms with Crippen LogP contribution in [0.4, 0.5) is 0 Å². The molecule has 2 unspecified atom stereocenters. The number of likely N-dealkylation sites (tertiary alicyclic amines) is 1. The van der Waals surface area contributed by atoms with Gasteiger partial charge in [-0.25, -0.2) is 0 Å². The monoisotopic (exact) mass is 276 g/mol. The van der Waals surface area contributed by atoms with Crippen LogP contribution in [0.1, 0.15) is 38.7 Å². The molecule has 0 amide bonds. The maximum atomic E-state index is 10.1. The minimum Gasteiger partial charge on any atom is -0.394 e. The van der Waals surface area contributed by atoms with E-state index in [2.05, 4.69) is 48.3 Å². The molecule has 2 rings (SSSR count). The Hall–Kier alpha value is -0.900. The molecule has 2 N–H and O–H groups in total. The van der Waals surface area contributed by atoms with Crippen LogP contribution in [0.5, 0.6) is 0 Å². The Morgan fingerprint density at radius 3 is 2.65 bits per heavy atom. The summed E-state index contributed by atoms with van der Waals surface area (Å²) >= 11 is 0. The molecule has 1 aliphatic rings. The summed E-state index contributed by atoms with van der Waals surface area (Å²) in [6.45, 7) is 7.41. The number of hydrogen-bond acceptors (Lipinski definition) is 3. The van der Waals surface area contributed by atoms with Crippen LogP contribution in [0, 0.1) is 0 Å². The largest absolute Gasteiger partial charge is 0.394 e. The van der Waals surface area contributed by atoms with E-state index in [1.165, 1.54) is 24.8 Å². The van der Waals surface area contributed by atoms with Gasteiger partial charge in [0.2, 0.25) is 0 Å². The molecule has 3 heteroatoms. The second kappa shape index (κ2) is 7.21. The third-order valence-electron chi connectivity index (χ3n) is 4.55. The first-order chi connectivity index (χ1) is 9.75. The highest BCUT2D eigenvalue weighted by Crippen LogP contribution is 2.27. The summed E-state index contributed by atoms with van der Waals surface area (Å²) in [7, 11) is 0. The van der Waals surface area contributed by atoms with Crippen molar-refractivity contribution in [2.24, 2.45) is 0 Å². The fourth-order valence-electron chi connectivity index (χ4n) is 3.45. The summed E-state index contributed by atoms with van der Waals surface area (Å²) < 4.78 is 0. The van der Waals surface area contributed by atoms with Crippen molar-refractivity contribution < 1.29 is 5.11 Å². The SMILES string of the molecule is CCNC(CO)(CN1CCCC1CC)c1ccccc1. The summed E-state index contributed by atoms with van der Waals surface area (Å²) in [6.07, 6.45) is 3.77. The Balaban J connectivity index is 2.23. The highest BCUT2D eigenvalue weighted by molar-refractivity contribution is 5.25. The van der Waals surface area contributed by atoms with Crippen molar-refractivity contribution in [1.82, 2.24) is 10.2 Å². The van der Waals surface area contributed by atoms with Crippen LogP contribution in [-0.4, -0.2) is 42.3 Å². The molecule has 0 aliphatic carbocycles. The lowest BCUT2D eigenvalue weighted by molar-refractivity contribution is 0.100. The van der Waals surface area contributed by atoms with Crippen LogP contribution in [0.3, 0.4) is 0 Å². The number of benzene rings is 1. The van der Waals surface area contributed by atoms with Crippen LogP contribution in [0.25, 0.3) is 0 Å². The van der Waals surface area contributed by atoms with Gasteiger partial charge in [0.15, 0.2) is 0 Å². The normalized spacial score (nSPS) is 22.9. The maximum absolute atomic E-state index is 10.1. The average Bonchev–Trinajstić information content (AvgIpc) is 2.94. The van der Waals surface area contributed by atoms with Gasteiger partial charge in [-0.1, -0.05) is 44.2 Å². The molecule has 20 heavy (non-hydrogen) atoms. The van der Waals surface area contributed by atoms with Crippen LogP contribution >= 0.6 is 0 Å². The highest BCUT2D eigenvalue weighted by atomic mass is 16.3. The van der Waals surface area contributed by atoms with Gasteiger partial charge in [-0.15, -0.1) is 0 Å². The minimum absolute atomic E-state index is 0.137. The topological polar surface area (TPSA) is 35.5 Å². The molecule has 0 radical (unpaired) electrons.